The molecule has 3 aromatic rings. The Labute approximate surface area is 177 Å². The minimum atomic E-state index is -1.26. The number of fused-ring (bicyclic) bond motifs is 1. The molecule has 0 spiro atoms. The van der Waals surface area contributed by atoms with Crippen LogP contribution < -0.4 is 10.3 Å². The molecule has 0 saturated carbocycles. The number of ether oxygens (including phenoxy) is 1. The summed E-state index contributed by atoms with van der Waals surface area (Å²) in [6.45, 7) is 2.88. The molecule has 1 heterocycles. The molecule has 0 unspecified atom stereocenters. The maximum absolute atomic E-state index is 12.7. The first-order valence-corrected chi connectivity index (χ1v) is 9.38. The van der Waals surface area contributed by atoms with Crippen LogP contribution in [0.5, 0.6) is 5.75 Å². The lowest BCUT2D eigenvalue weighted by atomic mass is 10.2. The molecule has 1 N–H and O–H groups in total. The number of hydrogen-bond acceptors (Lipinski definition) is 7. The molecular weight excluding hydrogens is 460 g/mol. The molecule has 3 rings (SSSR count). The van der Waals surface area contributed by atoms with E-state index in [9.17, 15) is 19.7 Å². The molecule has 0 aliphatic carbocycles. The van der Waals surface area contributed by atoms with Gasteiger partial charge >= 0.3 is 11.7 Å². The summed E-state index contributed by atoms with van der Waals surface area (Å²) < 4.78 is 6.94. The second-order valence-electron chi connectivity index (χ2n) is 6.26. The van der Waals surface area contributed by atoms with Crippen molar-refractivity contribution >= 4 is 44.7 Å². The van der Waals surface area contributed by atoms with Gasteiger partial charge in [-0.2, -0.15) is 9.78 Å². The van der Waals surface area contributed by atoms with E-state index in [0.29, 0.717) is 22.3 Å². The summed E-state index contributed by atoms with van der Waals surface area (Å²) in [5.41, 5.74) is 0.0333. The molecule has 1 aromatic heterocycles. The molecule has 0 aliphatic heterocycles. The maximum Gasteiger partial charge on any atom is 0.344 e. The summed E-state index contributed by atoms with van der Waals surface area (Å²) in [6, 6.07) is 9.05. The van der Waals surface area contributed by atoms with E-state index in [4.69, 9.17) is 9.84 Å². The molecule has 1 atom stereocenters. The van der Waals surface area contributed by atoms with E-state index in [1.165, 1.54) is 31.3 Å². The highest BCUT2D eigenvalue weighted by molar-refractivity contribution is 9.10. The molecule has 2 aromatic carbocycles. The topological polar surface area (TPSA) is 137 Å². The number of aryl methyl sites for hydroxylation is 1. The minimum absolute atomic E-state index is 0.183. The van der Waals surface area contributed by atoms with E-state index in [1.807, 2.05) is 0 Å². The van der Waals surface area contributed by atoms with Crippen LogP contribution >= 0.6 is 15.9 Å². The standard InChI is InChI=1S/C19H15BrN4O6/c1-10(19(26)27)30-17-6-3-12(7-16(17)24(28)29)9-21-23-11(2)22-15-5-4-13(20)8-14(15)18(23)25/h3-10H,1-2H3,(H,26,27)/t10-/m1/s1. The number of rotatable bonds is 6. The Morgan fingerprint density at radius 1 is 1.37 bits per heavy atom. The van der Waals surface area contributed by atoms with Crippen molar-refractivity contribution in [1.29, 1.82) is 0 Å². The zero-order valence-corrected chi connectivity index (χ0v) is 17.4. The first-order valence-electron chi connectivity index (χ1n) is 8.58. The smallest absolute Gasteiger partial charge is 0.344 e. The lowest BCUT2D eigenvalue weighted by Crippen LogP contribution is -2.23. The van der Waals surface area contributed by atoms with Crippen LogP contribution in [-0.4, -0.2) is 38.0 Å². The van der Waals surface area contributed by atoms with E-state index in [1.54, 1.807) is 25.1 Å². The van der Waals surface area contributed by atoms with Gasteiger partial charge in [-0.3, -0.25) is 14.9 Å². The van der Waals surface area contributed by atoms with Gasteiger partial charge in [0.1, 0.15) is 5.82 Å². The number of aromatic nitrogens is 2. The molecule has 0 amide bonds. The van der Waals surface area contributed by atoms with Crippen molar-refractivity contribution in [3.63, 3.8) is 0 Å². The van der Waals surface area contributed by atoms with E-state index < -0.39 is 22.7 Å². The van der Waals surface area contributed by atoms with Crippen LogP contribution in [0.15, 0.2) is 50.8 Å². The Balaban J connectivity index is 2.00. The van der Waals surface area contributed by atoms with Crippen molar-refractivity contribution < 1.29 is 19.6 Å². The molecule has 30 heavy (non-hydrogen) atoms. The highest BCUT2D eigenvalue weighted by atomic mass is 79.9. The fourth-order valence-corrected chi connectivity index (χ4v) is 2.98. The molecule has 0 saturated heterocycles. The average molecular weight is 475 g/mol. The van der Waals surface area contributed by atoms with Crippen molar-refractivity contribution in [1.82, 2.24) is 9.66 Å². The highest BCUT2D eigenvalue weighted by Crippen LogP contribution is 2.28. The maximum atomic E-state index is 12.7. The Bertz CT molecular complexity index is 1250. The van der Waals surface area contributed by atoms with Gasteiger partial charge in [-0.25, -0.2) is 9.78 Å². The van der Waals surface area contributed by atoms with Gasteiger partial charge in [0.05, 0.1) is 22.0 Å². The summed E-state index contributed by atoms with van der Waals surface area (Å²) in [4.78, 5) is 38.7. The fourth-order valence-electron chi connectivity index (χ4n) is 2.62. The number of carboxylic acid groups (broad SMARTS) is 1. The second-order valence-corrected chi connectivity index (χ2v) is 7.18. The third-order valence-electron chi connectivity index (χ3n) is 4.12. The molecule has 0 fully saturated rings. The fraction of sp³-hybridized carbons (Fsp3) is 0.158. The zero-order chi connectivity index (χ0) is 22.0. The number of benzene rings is 2. The SMILES string of the molecule is Cc1nc2ccc(Br)cc2c(=O)n1N=Cc1ccc(O[C@H](C)C(=O)O)c([N+](=O)[O-])c1. The Morgan fingerprint density at radius 3 is 2.77 bits per heavy atom. The Morgan fingerprint density at radius 2 is 2.10 bits per heavy atom. The van der Waals surface area contributed by atoms with Crippen LogP contribution in [0, 0.1) is 17.0 Å². The van der Waals surface area contributed by atoms with Crippen LogP contribution in [-0.2, 0) is 4.79 Å². The molecule has 10 nitrogen and oxygen atoms in total. The average Bonchev–Trinajstić information content (AvgIpc) is 2.69. The third kappa shape index (κ3) is 4.35. The normalized spacial score (nSPS) is 12.2. The number of nitro groups is 1. The number of halogens is 1. The van der Waals surface area contributed by atoms with Crippen molar-refractivity contribution in [2.75, 3.05) is 0 Å². The summed E-state index contributed by atoms with van der Waals surface area (Å²) in [7, 11) is 0. The number of aliphatic carboxylic acids is 1. The molecule has 0 radical (unpaired) electrons. The summed E-state index contributed by atoms with van der Waals surface area (Å²) in [5, 5.41) is 24.8. The summed E-state index contributed by atoms with van der Waals surface area (Å²) in [6.07, 6.45) is 0.0181. The largest absolute Gasteiger partial charge is 0.479 e. The van der Waals surface area contributed by atoms with Crippen molar-refractivity contribution in [2.45, 2.75) is 20.0 Å². The van der Waals surface area contributed by atoms with Crippen molar-refractivity contribution in [3.8, 4) is 5.75 Å². The number of nitrogens with zero attached hydrogens (tertiary/aromatic N) is 4. The summed E-state index contributed by atoms with van der Waals surface area (Å²) in [5.74, 6) is -1.09. The molecule has 11 heteroatoms. The van der Waals surface area contributed by atoms with E-state index in [-0.39, 0.29) is 11.3 Å². The van der Waals surface area contributed by atoms with E-state index >= 15 is 0 Å². The predicted octanol–water partition coefficient (Wildman–Crippen LogP) is 3.11. The highest BCUT2D eigenvalue weighted by Gasteiger charge is 2.21. The number of hydrogen-bond donors (Lipinski definition) is 1. The van der Waals surface area contributed by atoms with Gasteiger partial charge in [0.25, 0.3) is 5.56 Å². The third-order valence-corrected chi connectivity index (χ3v) is 4.62. The quantitative estimate of drug-likeness (QED) is 0.329. The first kappa shape index (κ1) is 21.1. The van der Waals surface area contributed by atoms with Gasteiger partial charge < -0.3 is 9.84 Å². The minimum Gasteiger partial charge on any atom is -0.479 e. The molecule has 0 bridgehead atoms. The van der Waals surface area contributed by atoms with Crippen LogP contribution in [0.4, 0.5) is 5.69 Å². The first-order chi connectivity index (χ1) is 14.2. The monoisotopic (exact) mass is 474 g/mol. The molecular formula is C19H15BrN4O6. The second kappa shape index (κ2) is 8.41. The molecule has 0 aliphatic rings. The summed E-state index contributed by atoms with van der Waals surface area (Å²) >= 11 is 3.31. The predicted molar refractivity (Wildman–Crippen MR) is 112 cm³/mol. The lowest BCUT2D eigenvalue weighted by molar-refractivity contribution is -0.386. The van der Waals surface area contributed by atoms with Gasteiger partial charge in [-0.05, 0) is 44.2 Å². The van der Waals surface area contributed by atoms with Gasteiger partial charge in [-0.1, -0.05) is 15.9 Å². The van der Waals surface area contributed by atoms with Gasteiger partial charge in [0.2, 0.25) is 0 Å². The molecule has 154 valence electrons. The number of nitro benzene ring substituents is 1. The van der Waals surface area contributed by atoms with Gasteiger partial charge in [-0.15, -0.1) is 0 Å². The van der Waals surface area contributed by atoms with Crippen molar-refractivity contribution in [2.24, 2.45) is 5.10 Å². The Hall–Kier alpha value is -3.60. The number of carbonyl (C=O) groups is 1. The van der Waals surface area contributed by atoms with E-state index in [0.717, 1.165) is 9.15 Å². The van der Waals surface area contributed by atoms with Crippen LogP contribution in [0.2, 0.25) is 0 Å². The zero-order valence-electron chi connectivity index (χ0n) is 15.8. The lowest BCUT2D eigenvalue weighted by Gasteiger charge is -2.10. The van der Waals surface area contributed by atoms with Crippen LogP contribution in [0.3, 0.4) is 0 Å². The van der Waals surface area contributed by atoms with Gasteiger partial charge in [0, 0.05) is 16.1 Å². The number of carboxylic acids is 1. The van der Waals surface area contributed by atoms with Crippen LogP contribution in [0.25, 0.3) is 10.9 Å². The van der Waals surface area contributed by atoms with E-state index in [2.05, 4.69) is 26.0 Å². The van der Waals surface area contributed by atoms with Crippen molar-refractivity contribution in [3.05, 3.63) is 72.7 Å². The van der Waals surface area contributed by atoms with Crippen LogP contribution in [0.1, 0.15) is 18.3 Å². The van der Waals surface area contributed by atoms with Gasteiger partial charge in [0.15, 0.2) is 11.9 Å². The Kier molecular flexibility index (Phi) is 5.92.